The van der Waals surface area contributed by atoms with E-state index in [0.29, 0.717) is 29.2 Å². The van der Waals surface area contributed by atoms with Gasteiger partial charge in [-0.1, -0.05) is 25.3 Å². The molecule has 2 heterocycles. The lowest BCUT2D eigenvalue weighted by Crippen LogP contribution is -2.47. The molecule has 1 aromatic heterocycles. The Morgan fingerprint density at radius 1 is 1.23 bits per heavy atom. The number of carbonyl (C=O) groups excluding carboxylic acids is 1. The first-order valence-electron chi connectivity index (χ1n) is 10.3. The van der Waals surface area contributed by atoms with Gasteiger partial charge in [0.15, 0.2) is 5.96 Å². The molecule has 0 spiro atoms. The summed E-state index contributed by atoms with van der Waals surface area (Å²) in [6.45, 7) is 2.16. The van der Waals surface area contributed by atoms with Crippen LogP contribution in [0.15, 0.2) is 26.7 Å². The minimum absolute atomic E-state index is 0. The highest BCUT2D eigenvalue weighted by atomic mass is 127. The normalized spacial score (nSPS) is 20.6. The van der Waals surface area contributed by atoms with E-state index in [2.05, 4.69) is 20.3 Å². The highest BCUT2D eigenvalue weighted by Crippen LogP contribution is 2.26. The Hall–Kier alpha value is -0.920. The van der Waals surface area contributed by atoms with E-state index >= 15 is 0 Å². The number of aliphatic imine (C=N–C) groups is 1. The van der Waals surface area contributed by atoms with Crippen LogP contribution in [0.1, 0.15) is 38.5 Å². The van der Waals surface area contributed by atoms with E-state index in [1.54, 1.807) is 24.6 Å². The smallest absolute Gasteiger partial charge is 0.250 e. The fraction of sp³-hybridized carbons (Fsp3) is 0.684. The van der Waals surface area contributed by atoms with Crippen molar-refractivity contribution in [2.75, 3.05) is 33.2 Å². The first-order chi connectivity index (χ1) is 14.0. The highest BCUT2D eigenvalue weighted by Gasteiger charge is 2.31. The number of sulfonamides is 1. The average Bonchev–Trinajstić information content (AvgIpc) is 3.43. The molecular weight excluding hydrogens is 537 g/mol. The van der Waals surface area contributed by atoms with E-state index in [0.717, 1.165) is 25.8 Å². The van der Waals surface area contributed by atoms with Gasteiger partial charge in [0.1, 0.15) is 4.21 Å². The molecule has 2 fully saturated rings. The van der Waals surface area contributed by atoms with Crippen LogP contribution >= 0.6 is 35.3 Å². The molecule has 3 N–H and O–H groups in total. The number of hydrogen-bond donors (Lipinski definition) is 3. The van der Waals surface area contributed by atoms with Crippen LogP contribution in [0.5, 0.6) is 0 Å². The minimum Gasteiger partial charge on any atom is -0.355 e. The summed E-state index contributed by atoms with van der Waals surface area (Å²) in [5, 5.41) is 8.22. The van der Waals surface area contributed by atoms with Gasteiger partial charge in [0.05, 0.1) is 0 Å². The van der Waals surface area contributed by atoms with Gasteiger partial charge in [-0.05, 0) is 30.7 Å². The molecule has 3 rings (SSSR count). The maximum Gasteiger partial charge on any atom is 0.250 e. The zero-order chi connectivity index (χ0) is 20.7. The van der Waals surface area contributed by atoms with E-state index in [4.69, 9.17) is 0 Å². The number of thiophene rings is 1. The Morgan fingerprint density at radius 2 is 2.00 bits per heavy atom. The summed E-state index contributed by atoms with van der Waals surface area (Å²) >= 11 is 1.19. The molecule has 30 heavy (non-hydrogen) atoms. The number of rotatable bonds is 7. The van der Waals surface area contributed by atoms with Gasteiger partial charge in [-0.25, -0.2) is 13.1 Å². The minimum atomic E-state index is -3.45. The molecule has 1 saturated heterocycles. The van der Waals surface area contributed by atoms with Gasteiger partial charge in [-0.15, -0.1) is 35.3 Å². The molecular formula is C19H32IN5O3S2. The van der Waals surface area contributed by atoms with Gasteiger partial charge >= 0.3 is 0 Å². The molecule has 1 aliphatic carbocycles. The van der Waals surface area contributed by atoms with Crippen LogP contribution in [0, 0.1) is 5.92 Å². The van der Waals surface area contributed by atoms with Crippen LogP contribution in [-0.2, 0) is 14.8 Å². The van der Waals surface area contributed by atoms with Crippen molar-refractivity contribution in [2.45, 2.75) is 48.8 Å². The number of halogens is 1. The number of hydrogen-bond acceptors (Lipinski definition) is 5. The van der Waals surface area contributed by atoms with Gasteiger partial charge < -0.3 is 15.5 Å². The van der Waals surface area contributed by atoms with Gasteiger partial charge in [-0.3, -0.25) is 9.79 Å². The quantitative estimate of drug-likeness (QED) is 0.202. The largest absolute Gasteiger partial charge is 0.355 e. The maximum absolute atomic E-state index is 12.7. The summed E-state index contributed by atoms with van der Waals surface area (Å²) in [4.78, 5) is 18.9. The van der Waals surface area contributed by atoms with Gasteiger partial charge in [0.25, 0.3) is 0 Å². The zero-order valence-corrected chi connectivity index (χ0v) is 21.3. The molecule has 8 nitrogen and oxygen atoms in total. The highest BCUT2D eigenvalue weighted by molar-refractivity contribution is 14.0. The first kappa shape index (κ1) is 25.3. The summed E-state index contributed by atoms with van der Waals surface area (Å²) in [6, 6.07) is 3.46. The number of nitrogens with one attached hydrogen (secondary N) is 3. The van der Waals surface area contributed by atoms with Gasteiger partial charge in [0.2, 0.25) is 15.9 Å². The Morgan fingerprint density at radius 3 is 2.67 bits per heavy atom. The van der Waals surface area contributed by atoms with E-state index in [9.17, 15) is 13.2 Å². The molecule has 1 atom stereocenters. The summed E-state index contributed by atoms with van der Waals surface area (Å²) in [5.41, 5.74) is 0. The van der Waals surface area contributed by atoms with E-state index < -0.39 is 10.0 Å². The third kappa shape index (κ3) is 7.06. The van der Waals surface area contributed by atoms with Crippen molar-refractivity contribution in [3.63, 3.8) is 0 Å². The maximum atomic E-state index is 12.7. The molecule has 2 aliphatic rings. The van der Waals surface area contributed by atoms with Crippen LogP contribution in [0.4, 0.5) is 0 Å². The van der Waals surface area contributed by atoms with E-state index in [1.807, 2.05) is 4.90 Å². The van der Waals surface area contributed by atoms with Crippen molar-refractivity contribution in [3.8, 4) is 0 Å². The number of amides is 1. The lowest BCUT2D eigenvalue weighted by Gasteiger charge is -2.26. The lowest BCUT2D eigenvalue weighted by molar-refractivity contribution is -0.135. The fourth-order valence-electron chi connectivity index (χ4n) is 3.93. The SMILES string of the molecule is CN=C(NCCNS(=O)(=O)c1cccs1)NC1CCN(C(=O)C2CCCCC2)C1.I. The van der Waals surface area contributed by atoms with Crippen LogP contribution in [0.25, 0.3) is 0 Å². The van der Waals surface area contributed by atoms with Crippen LogP contribution in [-0.4, -0.2) is 64.5 Å². The first-order valence-corrected chi connectivity index (χ1v) is 12.6. The summed E-state index contributed by atoms with van der Waals surface area (Å²) in [5.74, 6) is 1.13. The second-order valence-electron chi connectivity index (χ2n) is 7.58. The van der Waals surface area contributed by atoms with Crippen molar-refractivity contribution in [1.29, 1.82) is 0 Å². The van der Waals surface area contributed by atoms with Crippen LogP contribution in [0.2, 0.25) is 0 Å². The monoisotopic (exact) mass is 569 g/mol. The van der Waals surface area contributed by atoms with Gasteiger partial charge in [-0.2, -0.15) is 0 Å². The predicted octanol–water partition coefficient (Wildman–Crippen LogP) is 1.99. The molecule has 11 heteroatoms. The topological polar surface area (TPSA) is 103 Å². The van der Waals surface area contributed by atoms with Crippen LogP contribution < -0.4 is 15.4 Å². The molecule has 1 unspecified atom stereocenters. The summed E-state index contributed by atoms with van der Waals surface area (Å²) < 4.78 is 27.1. The molecule has 1 aromatic rings. The van der Waals surface area contributed by atoms with Gasteiger partial charge in [0, 0.05) is 45.2 Å². The third-order valence-electron chi connectivity index (χ3n) is 5.49. The molecule has 1 amide bonds. The Kier molecular flexibility index (Phi) is 10.3. The number of nitrogens with zero attached hydrogens (tertiary/aromatic N) is 2. The summed E-state index contributed by atoms with van der Waals surface area (Å²) in [7, 11) is -1.76. The standard InChI is InChI=1S/C19H31N5O3S2.HI/c1-20-19(21-10-11-22-29(26,27)17-8-5-13-28-17)23-16-9-12-24(14-16)18(25)15-6-3-2-4-7-15;/h5,8,13,15-16,22H,2-4,6-7,9-12,14H2,1H3,(H2,20,21,23);1H. The van der Waals surface area contributed by atoms with Crippen molar-refractivity contribution in [1.82, 2.24) is 20.3 Å². The van der Waals surface area contributed by atoms with Crippen LogP contribution in [0.3, 0.4) is 0 Å². The molecule has 0 bridgehead atoms. The number of guanidine groups is 1. The Balaban J connectivity index is 0.00000320. The van der Waals surface area contributed by atoms with E-state index in [1.165, 1.54) is 30.6 Å². The second-order valence-corrected chi connectivity index (χ2v) is 10.5. The van der Waals surface area contributed by atoms with Crippen molar-refractivity contribution >= 4 is 57.2 Å². The Labute approximate surface area is 200 Å². The van der Waals surface area contributed by atoms with E-state index in [-0.39, 0.29) is 42.5 Å². The zero-order valence-electron chi connectivity index (χ0n) is 17.3. The third-order valence-corrected chi connectivity index (χ3v) is 8.35. The lowest BCUT2D eigenvalue weighted by atomic mass is 9.88. The number of carbonyl (C=O) groups is 1. The molecule has 170 valence electrons. The Bertz CT molecular complexity index is 795. The van der Waals surface area contributed by atoms with Crippen molar-refractivity contribution in [2.24, 2.45) is 10.9 Å². The predicted molar refractivity (Wildman–Crippen MR) is 131 cm³/mol. The molecule has 0 radical (unpaired) electrons. The second kappa shape index (κ2) is 12.2. The average molecular weight is 570 g/mol. The van der Waals surface area contributed by atoms with Crippen molar-refractivity contribution < 1.29 is 13.2 Å². The molecule has 0 aromatic carbocycles. The molecule has 1 aliphatic heterocycles. The summed E-state index contributed by atoms with van der Waals surface area (Å²) in [6.07, 6.45) is 6.52. The van der Waals surface area contributed by atoms with Crippen molar-refractivity contribution in [3.05, 3.63) is 17.5 Å². The molecule has 1 saturated carbocycles. The fourth-order valence-corrected chi connectivity index (χ4v) is 6.00. The number of likely N-dealkylation sites (tertiary alicyclic amines) is 1.